The second-order valence-electron chi connectivity index (χ2n) is 10.4. The largest absolute Gasteiger partial charge is 0.507 e. The SMILES string of the molecule is CC(=NN=C(N)N)C(CN(CC(C)C)CC(C)C)C(c1ccccc1)c1c(O)c2ccccc2oc1=O. The summed E-state index contributed by atoms with van der Waals surface area (Å²) in [6.07, 6.45) is 0. The molecule has 8 nitrogen and oxygen atoms in total. The molecule has 1 heterocycles. The van der Waals surface area contributed by atoms with E-state index < -0.39 is 11.5 Å². The maximum Gasteiger partial charge on any atom is 0.343 e. The second-order valence-corrected chi connectivity index (χ2v) is 10.4. The van der Waals surface area contributed by atoms with E-state index in [0.29, 0.717) is 35.1 Å². The minimum Gasteiger partial charge on any atom is -0.507 e. The molecule has 198 valence electrons. The first-order valence-corrected chi connectivity index (χ1v) is 12.7. The molecule has 0 aliphatic carbocycles. The molecule has 0 saturated heterocycles. The fourth-order valence-corrected chi connectivity index (χ4v) is 4.91. The summed E-state index contributed by atoms with van der Waals surface area (Å²) >= 11 is 0. The van der Waals surface area contributed by atoms with Crippen LogP contribution >= 0.6 is 0 Å². The molecule has 0 fully saturated rings. The first-order valence-electron chi connectivity index (χ1n) is 12.7. The molecule has 0 saturated carbocycles. The maximum atomic E-state index is 13.5. The number of nitrogens with two attached hydrogens (primary N) is 2. The van der Waals surface area contributed by atoms with E-state index >= 15 is 0 Å². The first kappa shape index (κ1) is 27.9. The van der Waals surface area contributed by atoms with Crippen molar-refractivity contribution >= 4 is 22.6 Å². The van der Waals surface area contributed by atoms with Crippen LogP contribution in [0.3, 0.4) is 0 Å². The number of nitrogens with zero attached hydrogens (tertiary/aromatic N) is 3. The van der Waals surface area contributed by atoms with Gasteiger partial charge in [-0.2, -0.15) is 5.10 Å². The van der Waals surface area contributed by atoms with Crippen molar-refractivity contribution in [1.29, 1.82) is 0 Å². The lowest BCUT2D eigenvalue weighted by Gasteiger charge is -2.34. The zero-order chi connectivity index (χ0) is 27.1. The van der Waals surface area contributed by atoms with Gasteiger partial charge < -0.3 is 25.9 Å². The number of rotatable bonds is 11. The lowest BCUT2D eigenvalue weighted by molar-refractivity contribution is 0.199. The molecule has 2 atom stereocenters. The molecule has 37 heavy (non-hydrogen) atoms. The van der Waals surface area contributed by atoms with Crippen molar-refractivity contribution in [1.82, 2.24) is 4.90 Å². The number of guanidine groups is 1. The summed E-state index contributed by atoms with van der Waals surface area (Å²) in [5, 5.41) is 20.2. The van der Waals surface area contributed by atoms with Crippen molar-refractivity contribution in [3.63, 3.8) is 0 Å². The van der Waals surface area contributed by atoms with Crippen molar-refractivity contribution in [2.75, 3.05) is 19.6 Å². The molecule has 5 N–H and O–H groups in total. The first-order chi connectivity index (χ1) is 17.6. The molecule has 0 amide bonds. The predicted molar refractivity (Wildman–Crippen MR) is 151 cm³/mol. The minimum atomic E-state index is -0.580. The Kier molecular flexibility index (Phi) is 9.47. The predicted octanol–water partition coefficient (Wildman–Crippen LogP) is 4.51. The quantitative estimate of drug-likeness (QED) is 0.152. The van der Waals surface area contributed by atoms with Gasteiger partial charge in [0.1, 0.15) is 11.3 Å². The van der Waals surface area contributed by atoms with Crippen LogP contribution in [-0.4, -0.2) is 41.3 Å². The zero-order valence-electron chi connectivity index (χ0n) is 22.4. The Bertz CT molecular complexity index is 1280. The standard InChI is InChI=1S/C29H39N5O3/c1-18(2)15-34(16-19(3)4)17-23(20(5)32-33-29(30)31)25(21-11-7-6-8-12-21)26-27(35)22-13-9-10-14-24(22)37-28(26)36/h6-14,18-19,23,25,35H,15-17H2,1-5H3,(H4,30,31,33). The smallest absolute Gasteiger partial charge is 0.343 e. The third-order valence-corrected chi connectivity index (χ3v) is 6.25. The molecule has 0 spiro atoms. The second kappa shape index (κ2) is 12.5. The summed E-state index contributed by atoms with van der Waals surface area (Å²) in [6.45, 7) is 12.9. The Labute approximate surface area is 218 Å². The Morgan fingerprint density at radius 3 is 2.11 bits per heavy atom. The molecule has 3 aromatic rings. The summed E-state index contributed by atoms with van der Waals surface area (Å²) < 4.78 is 5.70. The summed E-state index contributed by atoms with van der Waals surface area (Å²) in [7, 11) is 0. The van der Waals surface area contributed by atoms with Gasteiger partial charge >= 0.3 is 5.63 Å². The van der Waals surface area contributed by atoms with Crippen LogP contribution in [0.5, 0.6) is 5.75 Å². The van der Waals surface area contributed by atoms with Crippen molar-refractivity contribution in [3.8, 4) is 5.75 Å². The summed E-state index contributed by atoms with van der Waals surface area (Å²) in [5.74, 6) is -0.254. The highest BCUT2D eigenvalue weighted by atomic mass is 16.4. The number of hydrogen-bond donors (Lipinski definition) is 3. The van der Waals surface area contributed by atoms with E-state index in [1.54, 1.807) is 24.3 Å². The fraction of sp³-hybridized carbons (Fsp3) is 0.414. The van der Waals surface area contributed by atoms with Crippen LogP contribution in [0.2, 0.25) is 0 Å². The summed E-state index contributed by atoms with van der Waals surface area (Å²) in [6, 6.07) is 16.7. The Hall–Kier alpha value is -3.65. The van der Waals surface area contributed by atoms with Crippen molar-refractivity contribution in [3.05, 3.63) is 76.1 Å². The van der Waals surface area contributed by atoms with Crippen molar-refractivity contribution in [2.24, 2.45) is 39.4 Å². The van der Waals surface area contributed by atoms with Crippen LogP contribution in [0, 0.1) is 17.8 Å². The highest BCUT2D eigenvalue weighted by Crippen LogP contribution is 2.39. The van der Waals surface area contributed by atoms with Gasteiger partial charge in [0.15, 0.2) is 0 Å². The van der Waals surface area contributed by atoms with E-state index in [4.69, 9.17) is 15.9 Å². The van der Waals surface area contributed by atoms with Crippen molar-refractivity contribution in [2.45, 2.75) is 40.5 Å². The molecule has 3 rings (SSSR count). The Morgan fingerprint density at radius 1 is 0.919 bits per heavy atom. The molecule has 2 aromatic carbocycles. The third kappa shape index (κ3) is 7.20. The maximum absolute atomic E-state index is 13.5. The van der Waals surface area contributed by atoms with Gasteiger partial charge in [-0.25, -0.2) is 4.79 Å². The Balaban J connectivity index is 2.28. The zero-order valence-corrected chi connectivity index (χ0v) is 22.4. The van der Waals surface area contributed by atoms with Gasteiger partial charge in [-0.1, -0.05) is 70.2 Å². The molecule has 1 aromatic heterocycles. The van der Waals surface area contributed by atoms with Crippen LogP contribution < -0.4 is 17.1 Å². The lowest BCUT2D eigenvalue weighted by Crippen LogP contribution is -2.40. The molecule has 0 aliphatic rings. The molecule has 8 heteroatoms. The van der Waals surface area contributed by atoms with Gasteiger partial charge in [0, 0.05) is 37.2 Å². The average Bonchev–Trinajstić information content (AvgIpc) is 2.83. The highest BCUT2D eigenvalue weighted by molar-refractivity contribution is 5.89. The number of fused-ring (bicyclic) bond motifs is 1. The van der Waals surface area contributed by atoms with Gasteiger partial charge in [-0.3, -0.25) is 0 Å². The topological polar surface area (TPSA) is 130 Å². The van der Waals surface area contributed by atoms with Crippen LogP contribution in [0.25, 0.3) is 11.0 Å². The van der Waals surface area contributed by atoms with Gasteiger partial charge in [-0.05, 0) is 36.5 Å². The average molecular weight is 506 g/mol. The fourth-order valence-electron chi connectivity index (χ4n) is 4.91. The number of hydrogen-bond acceptors (Lipinski definition) is 6. The molecule has 0 aliphatic heterocycles. The van der Waals surface area contributed by atoms with Crippen LogP contribution in [0.15, 0.2) is 74.0 Å². The monoisotopic (exact) mass is 505 g/mol. The van der Waals surface area contributed by atoms with E-state index in [0.717, 1.165) is 18.7 Å². The number of para-hydroxylation sites is 1. The van der Waals surface area contributed by atoms with Gasteiger partial charge in [0.05, 0.1) is 10.9 Å². The van der Waals surface area contributed by atoms with E-state index in [1.165, 1.54) is 0 Å². The normalized spacial score (nSPS) is 13.9. The molecular weight excluding hydrogens is 466 g/mol. The molecule has 2 unspecified atom stereocenters. The van der Waals surface area contributed by atoms with Gasteiger partial charge in [0.2, 0.25) is 5.96 Å². The van der Waals surface area contributed by atoms with E-state index in [1.807, 2.05) is 37.3 Å². The molecule has 0 radical (unpaired) electrons. The van der Waals surface area contributed by atoms with Gasteiger partial charge in [-0.15, -0.1) is 5.10 Å². The highest BCUT2D eigenvalue weighted by Gasteiger charge is 2.35. The molecular formula is C29H39N5O3. The van der Waals surface area contributed by atoms with Crippen molar-refractivity contribution < 1.29 is 9.52 Å². The third-order valence-electron chi connectivity index (χ3n) is 6.25. The number of benzene rings is 2. The van der Waals surface area contributed by atoms with E-state index in [2.05, 4.69) is 42.8 Å². The summed E-state index contributed by atoms with van der Waals surface area (Å²) in [5.41, 5.74) is 12.6. The van der Waals surface area contributed by atoms with Crippen LogP contribution in [0.4, 0.5) is 0 Å². The number of aromatic hydroxyl groups is 1. The summed E-state index contributed by atoms with van der Waals surface area (Å²) in [4.78, 5) is 15.8. The van der Waals surface area contributed by atoms with Crippen LogP contribution in [-0.2, 0) is 0 Å². The molecule has 0 bridgehead atoms. The van der Waals surface area contributed by atoms with Gasteiger partial charge in [0.25, 0.3) is 0 Å². The minimum absolute atomic E-state index is 0.0837. The van der Waals surface area contributed by atoms with E-state index in [-0.39, 0.29) is 23.2 Å². The Morgan fingerprint density at radius 2 is 1.51 bits per heavy atom. The van der Waals surface area contributed by atoms with E-state index in [9.17, 15) is 9.90 Å². The van der Waals surface area contributed by atoms with Crippen LogP contribution in [0.1, 0.15) is 51.7 Å². The lowest BCUT2D eigenvalue weighted by atomic mass is 9.78.